The fourth-order valence-corrected chi connectivity index (χ4v) is 3.10. The lowest BCUT2D eigenvalue weighted by Crippen LogP contribution is -2.27. The molecule has 0 saturated carbocycles. The second-order valence-corrected chi connectivity index (χ2v) is 6.05. The van der Waals surface area contributed by atoms with Crippen LogP contribution in [0.3, 0.4) is 0 Å². The maximum absolute atomic E-state index is 12.2. The van der Waals surface area contributed by atoms with Crippen molar-refractivity contribution in [3.8, 4) is 5.75 Å². The zero-order valence-corrected chi connectivity index (χ0v) is 14.2. The third-order valence-corrected chi connectivity index (χ3v) is 4.52. The maximum Gasteiger partial charge on any atom is 0.293 e. The lowest BCUT2D eigenvalue weighted by atomic mass is 10.1. The van der Waals surface area contributed by atoms with Crippen LogP contribution in [-0.4, -0.2) is 36.3 Å². The molecule has 0 spiro atoms. The van der Waals surface area contributed by atoms with Crippen LogP contribution in [0.25, 0.3) is 0 Å². The molecule has 2 heterocycles. The number of methoxy groups -OCH3 is 1. The van der Waals surface area contributed by atoms with E-state index in [1.165, 1.54) is 5.69 Å². The van der Waals surface area contributed by atoms with Crippen molar-refractivity contribution >= 4 is 11.5 Å². The summed E-state index contributed by atoms with van der Waals surface area (Å²) in [6, 6.07) is 8.14. The zero-order chi connectivity index (χ0) is 16.9. The maximum atomic E-state index is 12.2. The standard InChI is InChI=1S/C18H24N4O2/c1-3-21-10-8-19-17(18(21)23)20-12-14-7-9-22(13-14)15-5-4-6-16(11-15)24-2/h4-6,8,10-11,14H,3,7,9,12-13H2,1-2H3,(H,19,20)/t14-/m1/s1. The number of aryl methyl sites for hydroxylation is 1. The SMILES string of the molecule is CCn1ccnc(NC[C@H]2CCN(c3cccc(OC)c3)C2)c1=O. The molecule has 1 N–H and O–H groups in total. The van der Waals surface area contributed by atoms with Crippen LogP contribution in [0.2, 0.25) is 0 Å². The molecular formula is C18H24N4O2. The molecule has 1 aromatic carbocycles. The smallest absolute Gasteiger partial charge is 0.293 e. The van der Waals surface area contributed by atoms with E-state index >= 15 is 0 Å². The van der Waals surface area contributed by atoms with Crippen LogP contribution in [0.4, 0.5) is 11.5 Å². The molecule has 0 unspecified atom stereocenters. The molecule has 1 fully saturated rings. The molecule has 0 amide bonds. The van der Waals surface area contributed by atoms with Crippen molar-refractivity contribution in [1.29, 1.82) is 0 Å². The van der Waals surface area contributed by atoms with Gasteiger partial charge in [0, 0.05) is 50.3 Å². The molecule has 0 aliphatic carbocycles. The molecule has 3 rings (SSSR count). The Kier molecular flexibility index (Phi) is 5.03. The van der Waals surface area contributed by atoms with Gasteiger partial charge in [-0.15, -0.1) is 0 Å². The van der Waals surface area contributed by atoms with Crippen molar-refractivity contribution in [1.82, 2.24) is 9.55 Å². The average Bonchev–Trinajstić information content (AvgIpc) is 3.10. The Bertz CT molecular complexity index is 744. The van der Waals surface area contributed by atoms with Crippen molar-refractivity contribution in [3.05, 3.63) is 47.0 Å². The predicted octanol–water partition coefficient (Wildman–Crippen LogP) is 2.21. The van der Waals surface area contributed by atoms with E-state index in [0.29, 0.717) is 18.3 Å². The second kappa shape index (κ2) is 7.38. The van der Waals surface area contributed by atoms with Crippen LogP contribution < -0.4 is 20.5 Å². The fourth-order valence-electron chi connectivity index (χ4n) is 3.10. The van der Waals surface area contributed by atoms with Gasteiger partial charge in [-0.05, 0) is 31.4 Å². The number of hydrogen-bond acceptors (Lipinski definition) is 5. The zero-order valence-electron chi connectivity index (χ0n) is 14.2. The lowest BCUT2D eigenvalue weighted by Gasteiger charge is -2.19. The highest BCUT2D eigenvalue weighted by Crippen LogP contribution is 2.26. The van der Waals surface area contributed by atoms with Gasteiger partial charge in [0.25, 0.3) is 5.56 Å². The molecule has 6 nitrogen and oxygen atoms in total. The monoisotopic (exact) mass is 328 g/mol. The molecule has 1 atom stereocenters. The van der Waals surface area contributed by atoms with Crippen molar-refractivity contribution < 1.29 is 4.74 Å². The highest BCUT2D eigenvalue weighted by atomic mass is 16.5. The number of hydrogen-bond donors (Lipinski definition) is 1. The molecule has 1 aliphatic heterocycles. The highest BCUT2D eigenvalue weighted by Gasteiger charge is 2.23. The summed E-state index contributed by atoms with van der Waals surface area (Å²) in [6.45, 7) is 5.35. The van der Waals surface area contributed by atoms with Gasteiger partial charge in [-0.1, -0.05) is 6.07 Å². The molecule has 0 bridgehead atoms. The van der Waals surface area contributed by atoms with Gasteiger partial charge in [0.15, 0.2) is 5.82 Å². The summed E-state index contributed by atoms with van der Waals surface area (Å²) >= 11 is 0. The van der Waals surface area contributed by atoms with E-state index in [1.54, 1.807) is 24.1 Å². The second-order valence-electron chi connectivity index (χ2n) is 6.05. The van der Waals surface area contributed by atoms with E-state index in [-0.39, 0.29) is 5.56 Å². The van der Waals surface area contributed by atoms with Crippen molar-refractivity contribution in [2.75, 3.05) is 37.0 Å². The van der Waals surface area contributed by atoms with E-state index in [2.05, 4.69) is 27.3 Å². The van der Waals surface area contributed by atoms with Gasteiger partial charge in [0.05, 0.1) is 7.11 Å². The Morgan fingerprint density at radius 1 is 1.42 bits per heavy atom. The van der Waals surface area contributed by atoms with Crippen LogP contribution in [0.5, 0.6) is 5.75 Å². The first kappa shape index (κ1) is 16.4. The summed E-state index contributed by atoms with van der Waals surface area (Å²) in [5.41, 5.74) is 1.13. The molecule has 6 heteroatoms. The van der Waals surface area contributed by atoms with Gasteiger partial charge in [0.1, 0.15) is 5.75 Å². The minimum atomic E-state index is -0.0531. The van der Waals surface area contributed by atoms with E-state index in [9.17, 15) is 4.79 Å². The number of aromatic nitrogens is 2. The number of ether oxygens (including phenoxy) is 1. The summed E-state index contributed by atoms with van der Waals surface area (Å²) in [5.74, 6) is 1.81. The van der Waals surface area contributed by atoms with Gasteiger partial charge in [-0.3, -0.25) is 4.79 Å². The van der Waals surface area contributed by atoms with Crippen LogP contribution in [0.15, 0.2) is 41.5 Å². The van der Waals surface area contributed by atoms with Crippen molar-refractivity contribution in [2.24, 2.45) is 5.92 Å². The number of anilines is 2. The Labute approximate surface area is 142 Å². The summed E-state index contributed by atoms with van der Waals surface area (Å²) in [4.78, 5) is 18.7. The Morgan fingerprint density at radius 2 is 2.29 bits per heavy atom. The summed E-state index contributed by atoms with van der Waals surface area (Å²) in [6.07, 6.45) is 4.48. The molecule has 128 valence electrons. The fraction of sp³-hybridized carbons (Fsp3) is 0.444. The normalized spacial score (nSPS) is 17.1. The van der Waals surface area contributed by atoms with Crippen LogP contribution >= 0.6 is 0 Å². The minimum Gasteiger partial charge on any atom is -0.497 e. The first-order valence-electron chi connectivity index (χ1n) is 8.39. The number of rotatable bonds is 6. The quantitative estimate of drug-likeness (QED) is 0.881. The summed E-state index contributed by atoms with van der Waals surface area (Å²) < 4.78 is 6.96. The molecule has 24 heavy (non-hydrogen) atoms. The third kappa shape index (κ3) is 3.53. The van der Waals surface area contributed by atoms with Crippen molar-refractivity contribution in [3.63, 3.8) is 0 Å². The van der Waals surface area contributed by atoms with E-state index in [0.717, 1.165) is 31.8 Å². The van der Waals surface area contributed by atoms with Gasteiger partial charge < -0.3 is 19.5 Å². The topological polar surface area (TPSA) is 59.4 Å². The van der Waals surface area contributed by atoms with Crippen LogP contribution in [0.1, 0.15) is 13.3 Å². The van der Waals surface area contributed by atoms with Gasteiger partial charge in [0.2, 0.25) is 0 Å². The van der Waals surface area contributed by atoms with Crippen LogP contribution in [-0.2, 0) is 6.54 Å². The highest BCUT2D eigenvalue weighted by molar-refractivity contribution is 5.51. The molecule has 2 aromatic rings. The van der Waals surface area contributed by atoms with Gasteiger partial charge in [-0.25, -0.2) is 4.98 Å². The Morgan fingerprint density at radius 3 is 3.08 bits per heavy atom. The van der Waals surface area contributed by atoms with Gasteiger partial charge >= 0.3 is 0 Å². The predicted molar refractivity (Wildman–Crippen MR) is 96.0 cm³/mol. The number of nitrogens with one attached hydrogen (secondary N) is 1. The van der Waals surface area contributed by atoms with E-state index in [1.807, 2.05) is 19.1 Å². The summed E-state index contributed by atoms with van der Waals surface area (Å²) in [7, 11) is 1.69. The number of benzene rings is 1. The van der Waals surface area contributed by atoms with E-state index in [4.69, 9.17) is 4.74 Å². The Balaban J connectivity index is 1.59. The molecule has 1 aliphatic rings. The van der Waals surface area contributed by atoms with Crippen molar-refractivity contribution in [2.45, 2.75) is 19.9 Å². The Hall–Kier alpha value is -2.50. The number of nitrogens with zero attached hydrogens (tertiary/aromatic N) is 3. The average molecular weight is 328 g/mol. The molecule has 1 aromatic heterocycles. The molecular weight excluding hydrogens is 304 g/mol. The molecule has 1 saturated heterocycles. The summed E-state index contributed by atoms with van der Waals surface area (Å²) in [5, 5.41) is 3.23. The minimum absolute atomic E-state index is 0.0531. The lowest BCUT2D eigenvalue weighted by molar-refractivity contribution is 0.415. The first-order valence-corrected chi connectivity index (χ1v) is 8.39. The van der Waals surface area contributed by atoms with E-state index < -0.39 is 0 Å². The van der Waals surface area contributed by atoms with Crippen LogP contribution in [0, 0.1) is 5.92 Å². The third-order valence-electron chi connectivity index (χ3n) is 4.52. The largest absolute Gasteiger partial charge is 0.497 e. The first-order chi connectivity index (χ1) is 11.7. The van der Waals surface area contributed by atoms with Gasteiger partial charge in [-0.2, -0.15) is 0 Å². The molecule has 0 radical (unpaired) electrons.